The fourth-order valence-corrected chi connectivity index (χ4v) is 7.23. The highest BCUT2D eigenvalue weighted by Gasteiger charge is 2.57. The third-order valence-electron chi connectivity index (χ3n) is 8.35. The van der Waals surface area contributed by atoms with Crippen LogP contribution in [0.15, 0.2) is 5.16 Å². The van der Waals surface area contributed by atoms with Crippen LogP contribution in [0, 0.1) is 34.5 Å². The molecule has 0 amide bonds. The molecule has 0 aliphatic heterocycles. The van der Waals surface area contributed by atoms with E-state index < -0.39 is 0 Å². The van der Waals surface area contributed by atoms with Gasteiger partial charge in [-0.05, 0) is 92.3 Å². The van der Waals surface area contributed by atoms with Gasteiger partial charge in [0.2, 0.25) is 0 Å². The van der Waals surface area contributed by atoms with Gasteiger partial charge in [0.05, 0.1) is 5.71 Å². The topological polar surface area (TPSA) is 32.6 Å². The van der Waals surface area contributed by atoms with Crippen molar-refractivity contribution in [1.82, 2.24) is 0 Å². The first-order chi connectivity index (χ1) is 10.1. The van der Waals surface area contributed by atoms with Gasteiger partial charge in [0.15, 0.2) is 0 Å². The fourth-order valence-electron chi connectivity index (χ4n) is 7.23. The van der Waals surface area contributed by atoms with Crippen molar-refractivity contribution in [2.75, 3.05) is 0 Å². The van der Waals surface area contributed by atoms with Crippen molar-refractivity contribution in [3.8, 4) is 0 Å². The van der Waals surface area contributed by atoms with Crippen LogP contribution in [0.1, 0.15) is 78.1 Å². The Morgan fingerprint density at radius 1 is 1.00 bits per heavy atom. The molecule has 6 atom stereocenters. The van der Waals surface area contributed by atoms with Crippen LogP contribution in [0.4, 0.5) is 0 Å². The molecule has 0 aromatic heterocycles. The highest BCUT2D eigenvalue weighted by Crippen LogP contribution is 2.65. The van der Waals surface area contributed by atoms with Gasteiger partial charge in [0.1, 0.15) is 0 Å². The zero-order valence-electron chi connectivity index (χ0n) is 13.8. The minimum absolute atomic E-state index is 0.423. The number of fused-ring (bicyclic) bond motifs is 5. The summed E-state index contributed by atoms with van der Waals surface area (Å²) < 4.78 is 0. The predicted molar refractivity (Wildman–Crippen MR) is 85.6 cm³/mol. The third kappa shape index (κ3) is 1.93. The van der Waals surface area contributed by atoms with Crippen molar-refractivity contribution in [2.24, 2.45) is 39.7 Å². The van der Waals surface area contributed by atoms with Crippen molar-refractivity contribution in [3.05, 3.63) is 0 Å². The first kappa shape index (κ1) is 14.1. The third-order valence-corrected chi connectivity index (χ3v) is 8.35. The molecule has 4 aliphatic rings. The highest BCUT2D eigenvalue weighted by atomic mass is 16.4. The molecule has 1 N–H and O–H groups in total. The molecule has 0 saturated heterocycles. The molecule has 4 aliphatic carbocycles. The van der Waals surface area contributed by atoms with Gasteiger partial charge >= 0.3 is 0 Å². The Hall–Kier alpha value is -0.530. The molecule has 0 aromatic carbocycles. The van der Waals surface area contributed by atoms with Gasteiger partial charge in [0.25, 0.3) is 0 Å². The Bertz CT molecular complexity index is 458. The predicted octanol–water partition coefficient (Wildman–Crippen LogP) is 5.25. The van der Waals surface area contributed by atoms with Gasteiger partial charge < -0.3 is 5.21 Å². The molecule has 4 rings (SSSR count). The molecule has 21 heavy (non-hydrogen) atoms. The number of oxime groups is 1. The smallest absolute Gasteiger partial charge is 0.0576 e. The van der Waals surface area contributed by atoms with Crippen LogP contribution in [0.5, 0.6) is 0 Å². The maximum absolute atomic E-state index is 9.27. The number of rotatable bonds is 0. The quantitative estimate of drug-likeness (QED) is 0.479. The maximum atomic E-state index is 9.27. The Labute approximate surface area is 129 Å². The summed E-state index contributed by atoms with van der Waals surface area (Å²) in [5, 5.41) is 12.9. The lowest BCUT2D eigenvalue weighted by Gasteiger charge is -2.59. The van der Waals surface area contributed by atoms with Crippen LogP contribution in [0.3, 0.4) is 0 Å². The van der Waals surface area contributed by atoms with E-state index in [4.69, 9.17) is 0 Å². The average Bonchev–Trinajstić information content (AvgIpc) is 2.87. The van der Waals surface area contributed by atoms with Crippen molar-refractivity contribution in [1.29, 1.82) is 0 Å². The van der Waals surface area contributed by atoms with Gasteiger partial charge in [-0.15, -0.1) is 0 Å². The van der Waals surface area contributed by atoms with E-state index in [1.54, 1.807) is 0 Å². The summed E-state index contributed by atoms with van der Waals surface area (Å²) in [6.45, 7) is 5.12. The van der Waals surface area contributed by atoms with Gasteiger partial charge in [-0.1, -0.05) is 25.4 Å². The van der Waals surface area contributed by atoms with E-state index in [2.05, 4.69) is 19.0 Å². The van der Waals surface area contributed by atoms with E-state index in [9.17, 15) is 5.21 Å². The highest BCUT2D eigenvalue weighted by molar-refractivity contribution is 5.85. The monoisotopic (exact) mass is 289 g/mol. The maximum Gasteiger partial charge on any atom is 0.0576 e. The Balaban J connectivity index is 1.65. The molecule has 0 aromatic rings. The zero-order chi connectivity index (χ0) is 14.7. The largest absolute Gasteiger partial charge is 0.411 e. The Morgan fingerprint density at radius 3 is 2.67 bits per heavy atom. The Kier molecular flexibility index (Phi) is 3.17. The minimum Gasteiger partial charge on any atom is -0.411 e. The van der Waals surface area contributed by atoms with Crippen LogP contribution in [-0.4, -0.2) is 10.9 Å². The van der Waals surface area contributed by atoms with Crippen molar-refractivity contribution in [3.63, 3.8) is 0 Å². The first-order valence-electron chi connectivity index (χ1n) is 9.27. The summed E-state index contributed by atoms with van der Waals surface area (Å²) in [5.74, 6) is 3.73. The fraction of sp³-hybridized carbons (Fsp3) is 0.947. The molecule has 0 spiro atoms. The van der Waals surface area contributed by atoms with Crippen LogP contribution in [-0.2, 0) is 0 Å². The summed E-state index contributed by atoms with van der Waals surface area (Å²) in [5.41, 5.74) is 2.16. The molecule has 2 heteroatoms. The van der Waals surface area contributed by atoms with E-state index in [0.717, 1.165) is 42.2 Å². The van der Waals surface area contributed by atoms with E-state index in [1.807, 2.05) is 0 Å². The lowest BCUT2D eigenvalue weighted by molar-refractivity contribution is -0.0891. The molecular formula is C19H31NO. The van der Waals surface area contributed by atoms with Crippen LogP contribution >= 0.6 is 0 Å². The standard InChI is InChI=1S/C19H31NO/c1-18-10-3-4-16(18)15-8-6-13-5-7-14(20-21)12-19(13,2)17(15)9-11-18/h13,15-17,21H,3-12H2,1-2H3/b20-14-/t13-,15+,16+,17+,18+,19+/m1/s1. The molecule has 4 fully saturated rings. The van der Waals surface area contributed by atoms with Gasteiger partial charge in [-0.3, -0.25) is 0 Å². The second-order valence-electron chi connectivity index (χ2n) is 9.12. The summed E-state index contributed by atoms with van der Waals surface area (Å²) in [6, 6.07) is 0. The molecule has 0 heterocycles. The lowest BCUT2D eigenvalue weighted by atomic mass is 9.45. The van der Waals surface area contributed by atoms with E-state index in [0.29, 0.717) is 10.8 Å². The number of hydrogen-bond donors (Lipinski definition) is 1. The number of nitrogens with zero attached hydrogens (tertiary/aromatic N) is 1. The van der Waals surface area contributed by atoms with Gasteiger partial charge in [-0.25, -0.2) is 0 Å². The van der Waals surface area contributed by atoms with Crippen LogP contribution in [0.2, 0.25) is 0 Å². The number of hydrogen-bond acceptors (Lipinski definition) is 2. The summed E-state index contributed by atoms with van der Waals surface area (Å²) in [4.78, 5) is 0. The lowest BCUT2D eigenvalue weighted by Crippen LogP contribution is -2.53. The minimum atomic E-state index is 0.423. The summed E-state index contributed by atoms with van der Waals surface area (Å²) in [7, 11) is 0. The van der Waals surface area contributed by atoms with E-state index >= 15 is 0 Å². The zero-order valence-corrected chi connectivity index (χ0v) is 13.8. The SMILES string of the molecule is C[C@@]12CCC[C@H]1[C@@H]1CC[C@H]3CC/C(=N/O)C[C@]3(C)[C@H]1CC2. The van der Waals surface area contributed by atoms with Crippen molar-refractivity contribution >= 4 is 5.71 Å². The van der Waals surface area contributed by atoms with Gasteiger partial charge in [-0.2, -0.15) is 0 Å². The second-order valence-corrected chi connectivity index (χ2v) is 9.12. The Morgan fingerprint density at radius 2 is 1.86 bits per heavy atom. The van der Waals surface area contributed by atoms with E-state index in [1.165, 1.54) is 51.4 Å². The molecule has 2 nitrogen and oxygen atoms in total. The van der Waals surface area contributed by atoms with Crippen molar-refractivity contribution in [2.45, 2.75) is 78.1 Å². The molecule has 118 valence electrons. The van der Waals surface area contributed by atoms with Crippen LogP contribution in [0.25, 0.3) is 0 Å². The summed E-state index contributed by atoms with van der Waals surface area (Å²) in [6.07, 6.45) is 13.6. The molecular weight excluding hydrogens is 258 g/mol. The summed E-state index contributed by atoms with van der Waals surface area (Å²) >= 11 is 0. The molecule has 0 unspecified atom stereocenters. The van der Waals surface area contributed by atoms with E-state index in [-0.39, 0.29) is 0 Å². The van der Waals surface area contributed by atoms with Gasteiger partial charge in [0, 0.05) is 0 Å². The van der Waals surface area contributed by atoms with Crippen molar-refractivity contribution < 1.29 is 5.21 Å². The average molecular weight is 289 g/mol. The molecule has 0 radical (unpaired) electrons. The first-order valence-corrected chi connectivity index (χ1v) is 9.27. The second kappa shape index (κ2) is 4.73. The van der Waals surface area contributed by atoms with Crippen LogP contribution < -0.4 is 0 Å². The molecule has 0 bridgehead atoms. The normalized spacial score (nSPS) is 54.9. The molecule has 4 saturated carbocycles.